The second kappa shape index (κ2) is 12.5. The largest absolute Gasteiger partial charge is 0.464 e. The van der Waals surface area contributed by atoms with Crippen molar-refractivity contribution in [2.75, 3.05) is 13.1 Å². The molecule has 1 heterocycles. The van der Waals surface area contributed by atoms with E-state index >= 15 is 0 Å². The molecule has 1 aromatic heterocycles. The van der Waals surface area contributed by atoms with Crippen molar-refractivity contribution >= 4 is 28.9 Å². The molecule has 0 aliphatic carbocycles. The van der Waals surface area contributed by atoms with Crippen LogP contribution in [0, 0.1) is 6.92 Å². The van der Waals surface area contributed by atoms with E-state index in [0.717, 1.165) is 16.7 Å². The first-order valence-electron chi connectivity index (χ1n) is 12.4. The van der Waals surface area contributed by atoms with Gasteiger partial charge in [0.25, 0.3) is 0 Å². The molecule has 0 aliphatic heterocycles. The number of hydrogen-bond donors (Lipinski definition) is 0. The standard InChI is InChI=1S/C32H30N2O4/c1-3-18-33(30(35)17-15-25-10-6-4-7-11-25)22-31(36)34(20-26-12-8-5-9-13-26)21-27-23-38-29-16-14-24(2)19-28(29)32(27)37/h3-17,19,23H,1,18,20-22H2,2H3/b17-15+. The van der Waals surface area contributed by atoms with Crippen LogP contribution in [0.4, 0.5) is 0 Å². The van der Waals surface area contributed by atoms with Gasteiger partial charge in [0.05, 0.1) is 23.8 Å². The summed E-state index contributed by atoms with van der Waals surface area (Å²) < 4.78 is 5.72. The Hall–Kier alpha value is -4.71. The number of rotatable bonds is 10. The summed E-state index contributed by atoms with van der Waals surface area (Å²) in [4.78, 5) is 42.8. The zero-order valence-electron chi connectivity index (χ0n) is 21.4. The smallest absolute Gasteiger partial charge is 0.247 e. The van der Waals surface area contributed by atoms with E-state index in [2.05, 4.69) is 6.58 Å². The third-order valence-corrected chi connectivity index (χ3v) is 6.13. The number of nitrogens with zero attached hydrogens (tertiary/aromatic N) is 2. The second-order valence-corrected chi connectivity index (χ2v) is 9.08. The first-order chi connectivity index (χ1) is 18.4. The van der Waals surface area contributed by atoms with Crippen molar-refractivity contribution in [2.24, 2.45) is 0 Å². The summed E-state index contributed by atoms with van der Waals surface area (Å²) in [5.74, 6) is -0.594. The zero-order valence-corrected chi connectivity index (χ0v) is 21.4. The molecule has 0 saturated heterocycles. The Balaban J connectivity index is 1.59. The van der Waals surface area contributed by atoms with Crippen LogP contribution < -0.4 is 5.43 Å². The molecule has 0 unspecified atom stereocenters. The lowest BCUT2D eigenvalue weighted by molar-refractivity contribution is -0.138. The number of amides is 2. The highest BCUT2D eigenvalue weighted by molar-refractivity contribution is 5.94. The van der Waals surface area contributed by atoms with Crippen LogP contribution >= 0.6 is 0 Å². The predicted octanol–water partition coefficient (Wildman–Crippen LogP) is 5.36. The SMILES string of the molecule is C=CCN(CC(=O)N(Cc1ccccc1)Cc1coc2ccc(C)cc2c1=O)C(=O)/C=C/c1ccccc1. The van der Waals surface area contributed by atoms with Crippen LogP contribution in [-0.2, 0) is 22.7 Å². The molecule has 0 aliphatic rings. The van der Waals surface area contributed by atoms with Crippen molar-refractivity contribution in [3.8, 4) is 0 Å². The molecule has 0 fully saturated rings. The molecule has 0 saturated carbocycles. The van der Waals surface area contributed by atoms with Crippen molar-refractivity contribution in [1.29, 1.82) is 0 Å². The number of hydrogen-bond acceptors (Lipinski definition) is 4. The Morgan fingerprint density at radius 1 is 0.921 bits per heavy atom. The van der Waals surface area contributed by atoms with E-state index in [-0.39, 0.29) is 43.4 Å². The maximum atomic E-state index is 13.6. The van der Waals surface area contributed by atoms with Gasteiger partial charge in [0.15, 0.2) is 5.43 Å². The molecule has 4 aromatic rings. The van der Waals surface area contributed by atoms with Gasteiger partial charge in [-0.05, 0) is 36.3 Å². The van der Waals surface area contributed by atoms with Gasteiger partial charge in [-0.1, -0.05) is 78.4 Å². The summed E-state index contributed by atoms with van der Waals surface area (Å²) in [5, 5.41) is 0.476. The molecule has 3 aromatic carbocycles. The summed E-state index contributed by atoms with van der Waals surface area (Å²) in [6, 6.07) is 24.4. The highest BCUT2D eigenvalue weighted by atomic mass is 16.3. The van der Waals surface area contributed by atoms with E-state index in [4.69, 9.17) is 4.42 Å². The normalized spacial score (nSPS) is 11.0. The number of fused-ring (bicyclic) bond motifs is 1. The summed E-state index contributed by atoms with van der Waals surface area (Å²) in [5.41, 5.74) is 3.44. The molecule has 0 bridgehead atoms. The lowest BCUT2D eigenvalue weighted by Gasteiger charge is -2.26. The lowest BCUT2D eigenvalue weighted by atomic mass is 10.1. The highest BCUT2D eigenvalue weighted by Crippen LogP contribution is 2.16. The third kappa shape index (κ3) is 6.73. The Bertz CT molecular complexity index is 1510. The molecular weight excluding hydrogens is 476 g/mol. The molecular formula is C32H30N2O4. The van der Waals surface area contributed by atoms with Crippen LogP contribution in [-0.4, -0.2) is 34.7 Å². The van der Waals surface area contributed by atoms with E-state index in [0.29, 0.717) is 16.5 Å². The van der Waals surface area contributed by atoms with Gasteiger partial charge in [-0.25, -0.2) is 0 Å². The van der Waals surface area contributed by atoms with E-state index < -0.39 is 0 Å². The van der Waals surface area contributed by atoms with E-state index in [1.165, 1.54) is 17.2 Å². The molecule has 0 atom stereocenters. The van der Waals surface area contributed by atoms with Gasteiger partial charge in [-0.3, -0.25) is 14.4 Å². The van der Waals surface area contributed by atoms with Crippen LogP contribution in [0.1, 0.15) is 22.3 Å². The summed E-state index contributed by atoms with van der Waals surface area (Å²) in [6.45, 7) is 6.03. The minimum Gasteiger partial charge on any atom is -0.464 e. The van der Waals surface area contributed by atoms with Gasteiger partial charge in [0.1, 0.15) is 12.1 Å². The maximum Gasteiger partial charge on any atom is 0.247 e. The van der Waals surface area contributed by atoms with Crippen molar-refractivity contribution in [2.45, 2.75) is 20.0 Å². The average molecular weight is 507 g/mol. The average Bonchev–Trinajstić information content (AvgIpc) is 2.94. The third-order valence-electron chi connectivity index (χ3n) is 6.13. The van der Waals surface area contributed by atoms with Crippen molar-refractivity contribution in [3.63, 3.8) is 0 Å². The van der Waals surface area contributed by atoms with Gasteiger partial charge < -0.3 is 14.2 Å². The predicted molar refractivity (Wildman–Crippen MR) is 150 cm³/mol. The Morgan fingerprint density at radius 3 is 2.34 bits per heavy atom. The monoisotopic (exact) mass is 506 g/mol. The van der Waals surface area contributed by atoms with Crippen molar-refractivity contribution in [1.82, 2.24) is 9.80 Å². The van der Waals surface area contributed by atoms with E-state index in [9.17, 15) is 14.4 Å². The Kier molecular flexibility index (Phi) is 8.67. The molecule has 0 N–H and O–H groups in total. The first kappa shape index (κ1) is 26.4. The van der Waals surface area contributed by atoms with Crippen LogP contribution in [0.2, 0.25) is 0 Å². The molecule has 192 valence electrons. The zero-order chi connectivity index (χ0) is 26.9. The summed E-state index contributed by atoms with van der Waals surface area (Å²) in [6.07, 6.45) is 6.17. The minimum atomic E-state index is -0.303. The number of benzene rings is 3. The summed E-state index contributed by atoms with van der Waals surface area (Å²) >= 11 is 0. The Labute approximate surface area is 222 Å². The number of carbonyl (C=O) groups is 2. The van der Waals surface area contributed by atoms with Crippen LogP contribution in [0.3, 0.4) is 0 Å². The van der Waals surface area contributed by atoms with E-state index in [1.54, 1.807) is 29.2 Å². The minimum absolute atomic E-state index is 0.0515. The topological polar surface area (TPSA) is 70.8 Å². The van der Waals surface area contributed by atoms with Gasteiger partial charge in [0, 0.05) is 19.2 Å². The van der Waals surface area contributed by atoms with Gasteiger partial charge in [-0.2, -0.15) is 0 Å². The van der Waals surface area contributed by atoms with Crippen molar-refractivity contribution < 1.29 is 14.0 Å². The molecule has 0 spiro atoms. The lowest BCUT2D eigenvalue weighted by Crippen LogP contribution is -2.42. The molecule has 6 nitrogen and oxygen atoms in total. The van der Waals surface area contributed by atoms with Crippen LogP contribution in [0.5, 0.6) is 0 Å². The fraction of sp³-hybridized carbons (Fsp3) is 0.156. The van der Waals surface area contributed by atoms with Crippen molar-refractivity contribution in [3.05, 3.63) is 136 Å². The van der Waals surface area contributed by atoms with Crippen LogP contribution in [0.25, 0.3) is 17.0 Å². The molecule has 6 heteroatoms. The maximum absolute atomic E-state index is 13.6. The van der Waals surface area contributed by atoms with E-state index in [1.807, 2.05) is 73.7 Å². The fourth-order valence-corrected chi connectivity index (χ4v) is 4.12. The number of aryl methyl sites for hydroxylation is 1. The molecule has 2 amide bonds. The fourth-order valence-electron chi connectivity index (χ4n) is 4.12. The van der Waals surface area contributed by atoms with Crippen LogP contribution in [0.15, 0.2) is 113 Å². The van der Waals surface area contributed by atoms with Gasteiger partial charge >= 0.3 is 0 Å². The molecule has 4 rings (SSSR count). The number of carbonyl (C=O) groups excluding carboxylic acids is 2. The second-order valence-electron chi connectivity index (χ2n) is 9.08. The highest BCUT2D eigenvalue weighted by Gasteiger charge is 2.22. The first-order valence-corrected chi connectivity index (χ1v) is 12.4. The molecule has 0 radical (unpaired) electrons. The van der Waals surface area contributed by atoms with Gasteiger partial charge in [0.2, 0.25) is 11.8 Å². The quantitative estimate of drug-likeness (QED) is 0.215. The summed E-state index contributed by atoms with van der Waals surface area (Å²) in [7, 11) is 0. The molecule has 38 heavy (non-hydrogen) atoms. The Morgan fingerprint density at radius 2 is 1.63 bits per heavy atom. The van der Waals surface area contributed by atoms with Gasteiger partial charge in [-0.15, -0.1) is 6.58 Å².